The van der Waals surface area contributed by atoms with Crippen molar-refractivity contribution < 1.29 is 0 Å². The molecule has 1 N–H and O–H groups in total. The Hall–Kier alpha value is -2.43. The number of nitrogens with zero attached hydrogens (tertiary/aromatic N) is 3. The van der Waals surface area contributed by atoms with Gasteiger partial charge in [-0.3, -0.25) is 14.8 Å². The number of para-hydroxylation sites is 1. The Balaban J connectivity index is 1.94. The number of hydrazone groups is 1. The molecule has 5 nitrogen and oxygen atoms in total. The number of aryl methyl sites for hydroxylation is 1. The highest BCUT2D eigenvalue weighted by Gasteiger charge is 2.18. The van der Waals surface area contributed by atoms with Crippen molar-refractivity contribution in [1.82, 2.24) is 9.55 Å². The largest absolute Gasteiger partial charge is 0.291 e. The number of aromatic nitrogens is 2. The minimum Gasteiger partial charge on any atom is -0.291 e. The fourth-order valence-electron chi connectivity index (χ4n) is 2.30. The molecular weight excluding hydrogens is 252 g/mol. The lowest BCUT2D eigenvalue weighted by molar-refractivity contribution is 0.587. The first kappa shape index (κ1) is 12.6. The summed E-state index contributed by atoms with van der Waals surface area (Å²) >= 11 is 0. The maximum absolute atomic E-state index is 12.1. The maximum atomic E-state index is 12.1. The molecule has 0 fully saturated rings. The zero-order valence-corrected chi connectivity index (χ0v) is 11.3. The second-order valence-electron chi connectivity index (χ2n) is 4.86. The van der Waals surface area contributed by atoms with Gasteiger partial charge in [-0.05, 0) is 31.9 Å². The highest BCUT2D eigenvalue weighted by Crippen LogP contribution is 2.13. The van der Waals surface area contributed by atoms with E-state index in [1.165, 1.54) is 0 Å². The van der Waals surface area contributed by atoms with Crippen LogP contribution in [0.25, 0.3) is 0 Å². The van der Waals surface area contributed by atoms with Gasteiger partial charge in [0.25, 0.3) is 5.56 Å². The van der Waals surface area contributed by atoms with Gasteiger partial charge >= 0.3 is 0 Å². The maximum Gasteiger partial charge on any atom is 0.256 e. The third-order valence-corrected chi connectivity index (χ3v) is 3.37. The summed E-state index contributed by atoms with van der Waals surface area (Å²) in [5, 5.41) is 4.41. The lowest BCUT2D eigenvalue weighted by atomic mass is 10.1. The zero-order chi connectivity index (χ0) is 13.9. The van der Waals surface area contributed by atoms with Crippen LogP contribution in [0.4, 0.5) is 5.69 Å². The van der Waals surface area contributed by atoms with E-state index in [1.54, 1.807) is 17.7 Å². The van der Waals surface area contributed by atoms with Crippen LogP contribution in [0.15, 0.2) is 46.4 Å². The fraction of sp³-hybridized carbons (Fsp3) is 0.267. The summed E-state index contributed by atoms with van der Waals surface area (Å²) in [6, 6.07) is 9.75. The van der Waals surface area contributed by atoms with Crippen molar-refractivity contribution in [3.63, 3.8) is 0 Å². The van der Waals surface area contributed by atoms with E-state index in [9.17, 15) is 4.79 Å². The van der Waals surface area contributed by atoms with Crippen LogP contribution in [0.5, 0.6) is 0 Å². The van der Waals surface area contributed by atoms with Crippen molar-refractivity contribution >= 4 is 11.4 Å². The molecule has 0 unspecified atom stereocenters. The van der Waals surface area contributed by atoms with Gasteiger partial charge in [-0.15, -0.1) is 0 Å². The van der Waals surface area contributed by atoms with E-state index in [4.69, 9.17) is 0 Å². The predicted octanol–water partition coefficient (Wildman–Crippen LogP) is 2.16. The quantitative estimate of drug-likeness (QED) is 0.849. The highest BCUT2D eigenvalue weighted by molar-refractivity contribution is 5.98. The average Bonchev–Trinajstić information content (AvgIpc) is 2.50. The summed E-state index contributed by atoms with van der Waals surface area (Å²) in [4.78, 5) is 16.4. The molecule has 1 aliphatic rings. The zero-order valence-electron chi connectivity index (χ0n) is 11.3. The molecule has 0 saturated heterocycles. The number of rotatable bonds is 2. The molecule has 0 atom stereocenters. The minimum atomic E-state index is 0.0297. The van der Waals surface area contributed by atoms with Crippen LogP contribution in [0.1, 0.15) is 24.2 Å². The third kappa shape index (κ3) is 2.34. The standard InChI is InChI=1S/C15H16N4O/c1-11-10-16-14-13(8-5-9-19(14)15(11)20)18-17-12-6-3-2-4-7-12/h2-4,6-7,10,17H,5,8-9H2,1H3/b18-13+. The van der Waals surface area contributed by atoms with Crippen molar-refractivity contribution in [2.75, 3.05) is 5.43 Å². The molecule has 0 saturated carbocycles. The Morgan fingerprint density at radius 1 is 1.30 bits per heavy atom. The second kappa shape index (κ2) is 5.28. The molecule has 20 heavy (non-hydrogen) atoms. The normalized spacial score (nSPS) is 15.9. The van der Waals surface area contributed by atoms with E-state index in [0.29, 0.717) is 17.9 Å². The molecule has 1 aromatic carbocycles. The highest BCUT2D eigenvalue weighted by atomic mass is 16.1. The van der Waals surface area contributed by atoms with Gasteiger partial charge in [0.1, 0.15) is 5.71 Å². The van der Waals surface area contributed by atoms with Gasteiger partial charge in [0.05, 0.1) is 5.69 Å². The Kier molecular flexibility index (Phi) is 3.33. The number of fused-ring (bicyclic) bond motifs is 1. The van der Waals surface area contributed by atoms with Crippen LogP contribution in [0.3, 0.4) is 0 Å². The Labute approximate surface area is 117 Å². The smallest absolute Gasteiger partial charge is 0.256 e. The summed E-state index contributed by atoms with van der Waals surface area (Å²) in [6.07, 6.45) is 3.36. The van der Waals surface area contributed by atoms with E-state index in [1.807, 2.05) is 30.3 Å². The van der Waals surface area contributed by atoms with Crippen LogP contribution in [0.2, 0.25) is 0 Å². The molecular formula is C15H16N4O. The van der Waals surface area contributed by atoms with Gasteiger partial charge in [-0.1, -0.05) is 18.2 Å². The van der Waals surface area contributed by atoms with Crippen LogP contribution >= 0.6 is 0 Å². The van der Waals surface area contributed by atoms with E-state index in [0.717, 1.165) is 24.2 Å². The van der Waals surface area contributed by atoms with Crippen molar-refractivity contribution in [3.05, 3.63) is 58.3 Å². The van der Waals surface area contributed by atoms with Crippen molar-refractivity contribution in [2.45, 2.75) is 26.3 Å². The molecule has 2 heterocycles. The molecule has 5 heteroatoms. The molecule has 0 radical (unpaired) electrons. The monoisotopic (exact) mass is 268 g/mol. The molecule has 0 amide bonds. The van der Waals surface area contributed by atoms with Crippen LogP contribution in [-0.4, -0.2) is 15.3 Å². The molecule has 0 aliphatic carbocycles. The topological polar surface area (TPSA) is 59.3 Å². The average molecular weight is 268 g/mol. The number of hydrogen-bond donors (Lipinski definition) is 1. The Morgan fingerprint density at radius 3 is 2.90 bits per heavy atom. The van der Waals surface area contributed by atoms with Crippen LogP contribution in [-0.2, 0) is 6.54 Å². The third-order valence-electron chi connectivity index (χ3n) is 3.37. The molecule has 102 valence electrons. The van der Waals surface area contributed by atoms with E-state index < -0.39 is 0 Å². The van der Waals surface area contributed by atoms with Crippen LogP contribution < -0.4 is 11.0 Å². The van der Waals surface area contributed by atoms with Gasteiger partial charge in [-0.25, -0.2) is 4.98 Å². The summed E-state index contributed by atoms with van der Waals surface area (Å²) in [5.41, 5.74) is 5.48. The summed E-state index contributed by atoms with van der Waals surface area (Å²) in [6.45, 7) is 2.50. The Morgan fingerprint density at radius 2 is 2.10 bits per heavy atom. The first-order valence-electron chi connectivity index (χ1n) is 6.70. The minimum absolute atomic E-state index is 0.0297. The number of benzene rings is 1. The summed E-state index contributed by atoms with van der Waals surface area (Å²) in [7, 11) is 0. The van der Waals surface area contributed by atoms with E-state index >= 15 is 0 Å². The number of nitrogens with one attached hydrogen (secondary N) is 1. The SMILES string of the molecule is Cc1cnc2n(c1=O)CCC/C2=N\Nc1ccccc1. The summed E-state index contributed by atoms with van der Waals surface area (Å²) in [5.74, 6) is 0.676. The van der Waals surface area contributed by atoms with Gasteiger partial charge in [-0.2, -0.15) is 5.10 Å². The van der Waals surface area contributed by atoms with E-state index in [2.05, 4.69) is 15.5 Å². The number of hydrogen-bond acceptors (Lipinski definition) is 4. The van der Waals surface area contributed by atoms with Gasteiger partial charge in [0.2, 0.25) is 0 Å². The molecule has 3 rings (SSSR count). The number of anilines is 1. The van der Waals surface area contributed by atoms with Gasteiger partial charge < -0.3 is 0 Å². The summed E-state index contributed by atoms with van der Waals surface area (Å²) < 4.78 is 1.71. The second-order valence-corrected chi connectivity index (χ2v) is 4.86. The molecule has 0 spiro atoms. The molecule has 2 aromatic rings. The van der Waals surface area contributed by atoms with Gasteiger partial charge in [0.15, 0.2) is 5.82 Å². The predicted molar refractivity (Wildman–Crippen MR) is 79.1 cm³/mol. The first-order valence-corrected chi connectivity index (χ1v) is 6.70. The molecule has 1 aromatic heterocycles. The lowest BCUT2D eigenvalue weighted by Crippen LogP contribution is -2.33. The molecule has 0 bridgehead atoms. The van der Waals surface area contributed by atoms with Gasteiger partial charge in [0, 0.05) is 18.3 Å². The van der Waals surface area contributed by atoms with Crippen molar-refractivity contribution in [2.24, 2.45) is 5.10 Å². The first-order chi connectivity index (χ1) is 9.75. The fourth-order valence-corrected chi connectivity index (χ4v) is 2.30. The van der Waals surface area contributed by atoms with Crippen LogP contribution in [0, 0.1) is 6.92 Å². The molecule has 1 aliphatic heterocycles. The van der Waals surface area contributed by atoms with Crippen molar-refractivity contribution in [3.8, 4) is 0 Å². The van der Waals surface area contributed by atoms with Crippen molar-refractivity contribution in [1.29, 1.82) is 0 Å². The van der Waals surface area contributed by atoms with E-state index in [-0.39, 0.29) is 5.56 Å². The Bertz CT molecular complexity index is 704. The lowest BCUT2D eigenvalue weighted by Gasteiger charge is -2.19.